The average Bonchev–Trinajstić information content (AvgIpc) is 2.26. The molecule has 0 saturated heterocycles. The van der Waals surface area contributed by atoms with Crippen LogP contribution in [0.25, 0.3) is 0 Å². The molecule has 1 N–H and O–H groups in total. The summed E-state index contributed by atoms with van der Waals surface area (Å²) in [6.07, 6.45) is 5.64. The van der Waals surface area contributed by atoms with E-state index in [0.717, 1.165) is 11.8 Å². The van der Waals surface area contributed by atoms with Crippen LogP contribution in [0.4, 0.5) is 0 Å². The minimum absolute atomic E-state index is 0.482. The van der Waals surface area contributed by atoms with E-state index in [-0.39, 0.29) is 0 Å². The number of nitro groups is 1. The van der Waals surface area contributed by atoms with Gasteiger partial charge in [0.1, 0.15) is 0 Å². The van der Waals surface area contributed by atoms with Gasteiger partial charge in [-0.05, 0) is 11.6 Å². The second-order valence-electron chi connectivity index (χ2n) is 3.57. The topological polar surface area (TPSA) is 74.5 Å². The SMILES string of the molecule is CN(C)NN(/C=C/[N+](=O)[O-])Cc1cccnc1. The smallest absolute Gasteiger partial charge is 0.251 e. The van der Waals surface area contributed by atoms with Gasteiger partial charge in [0.25, 0.3) is 6.20 Å². The van der Waals surface area contributed by atoms with Gasteiger partial charge in [0.05, 0.1) is 17.7 Å². The summed E-state index contributed by atoms with van der Waals surface area (Å²) in [5, 5.41) is 13.6. The fourth-order valence-electron chi connectivity index (χ4n) is 1.20. The van der Waals surface area contributed by atoms with Crippen molar-refractivity contribution in [2.75, 3.05) is 14.1 Å². The van der Waals surface area contributed by atoms with Crippen LogP contribution in [-0.2, 0) is 6.54 Å². The molecular weight excluding hydrogens is 222 g/mol. The molecule has 0 bridgehead atoms. The van der Waals surface area contributed by atoms with Crippen molar-refractivity contribution >= 4 is 0 Å². The molecule has 0 fully saturated rings. The lowest BCUT2D eigenvalue weighted by Gasteiger charge is -2.24. The molecule has 17 heavy (non-hydrogen) atoms. The maximum absolute atomic E-state index is 10.3. The maximum Gasteiger partial charge on any atom is 0.251 e. The third-order valence-electron chi connectivity index (χ3n) is 1.77. The molecule has 0 amide bonds. The molecule has 7 heteroatoms. The highest BCUT2D eigenvalue weighted by Crippen LogP contribution is 2.01. The molecule has 0 aliphatic rings. The van der Waals surface area contributed by atoms with Crippen LogP contribution in [0, 0.1) is 10.1 Å². The summed E-state index contributed by atoms with van der Waals surface area (Å²) in [7, 11) is 3.60. The van der Waals surface area contributed by atoms with Crippen LogP contribution in [-0.4, -0.2) is 34.0 Å². The Morgan fingerprint density at radius 1 is 1.59 bits per heavy atom. The summed E-state index contributed by atoms with van der Waals surface area (Å²) in [4.78, 5) is 13.8. The first-order valence-corrected chi connectivity index (χ1v) is 4.99. The second kappa shape index (κ2) is 6.56. The fraction of sp³-hybridized carbons (Fsp3) is 0.300. The van der Waals surface area contributed by atoms with Crippen LogP contribution >= 0.6 is 0 Å². The first kappa shape index (κ1) is 13.1. The van der Waals surface area contributed by atoms with E-state index in [9.17, 15) is 10.1 Å². The lowest BCUT2D eigenvalue weighted by molar-refractivity contribution is -0.403. The minimum atomic E-state index is -0.506. The van der Waals surface area contributed by atoms with Crippen molar-refractivity contribution in [3.05, 3.63) is 52.6 Å². The highest BCUT2D eigenvalue weighted by atomic mass is 16.6. The van der Waals surface area contributed by atoms with Crippen molar-refractivity contribution in [3.8, 4) is 0 Å². The molecule has 1 heterocycles. The van der Waals surface area contributed by atoms with Crippen LogP contribution in [0.1, 0.15) is 5.56 Å². The number of hydrogen-bond donors (Lipinski definition) is 1. The van der Waals surface area contributed by atoms with Crippen molar-refractivity contribution in [2.45, 2.75) is 6.54 Å². The Kier molecular flexibility index (Phi) is 5.05. The molecule has 1 aromatic rings. The highest BCUT2D eigenvalue weighted by Gasteiger charge is 2.03. The van der Waals surface area contributed by atoms with E-state index in [1.165, 1.54) is 6.20 Å². The van der Waals surface area contributed by atoms with E-state index < -0.39 is 4.92 Å². The second-order valence-corrected chi connectivity index (χ2v) is 3.57. The molecule has 0 aliphatic carbocycles. The van der Waals surface area contributed by atoms with Gasteiger partial charge in [-0.15, -0.1) is 0 Å². The number of rotatable bonds is 6. The fourth-order valence-corrected chi connectivity index (χ4v) is 1.20. The monoisotopic (exact) mass is 237 g/mol. The number of aromatic nitrogens is 1. The molecule has 92 valence electrons. The minimum Gasteiger partial charge on any atom is -0.291 e. The van der Waals surface area contributed by atoms with Crippen LogP contribution in [0.15, 0.2) is 36.9 Å². The Morgan fingerprint density at radius 3 is 2.88 bits per heavy atom. The van der Waals surface area contributed by atoms with Gasteiger partial charge in [-0.1, -0.05) is 6.07 Å². The van der Waals surface area contributed by atoms with Gasteiger partial charge in [0, 0.05) is 26.5 Å². The van der Waals surface area contributed by atoms with E-state index in [1.807, 2.05) is 12.1 Å². The van der Waals surface area contributed by atoms with Gasteiger partial charge in [-0.2, -0.15) is 5.53 Å². The van der Waals surface area contributed by atoms with Gasteiger partial charge >= 0.3 is 0 Å². The van der Waals surface area contributed by atoms with Crippen LogP contribution in [0.3, 0.4) is 0 Å². The Morgan fingerprint density at radius 2 is 2.35 bits per heavy atom. The molecule has 1 aromatic heterocycles. The quantitative estimate of drug-likeness (QED) is 0.577. The first-order valence-electron chi connectivity index (χ1n) is 4.99. The molecule has 1 rings (SSSR count). The zero-order valence-electron chi connectivity index (χ0n) is 9.78. The number of hydrazine groups is 2. The molecule has 0 saturated carbocycles. The lowest BCUT2D eigenvalue weighted by Crippen LogP contribution is -2.42. The summed E-state index contributed by atoms with van der Waals surface area (Å²) in [6.45, 7) is 0.482. The van der Waals surface area contributed by atoms with Crippen molar-refractivity contribution in [1.82, 2.24) is 20.5 Å². The molecule has 0 unspecified atom stereocenters. The third-order valence-corrected chi connectivity index (χ3v) is 1.77. The van der Waals surface area contributed by atoms with Crippen molar-refractivity contribution in [2.24, 2.45) is 0 Å². The normalized spacial score (nSPS) is 11.0. The predicted octanol–water partition coefficient (Wildman–Crippen LogP) is 0.613. The van der Waals surface area contributed by atoms with Gasteiger partial charge in [0.15, 0.2) is 0 Å². The molecule has 0 spiro atoms. The Bertz CT molecular complexity index is 380. The van der Waals surface area contributed by atoms with E-state index >= 15 is 0 Å². The van der Waals surface area contributed by atoms with Crippen LogP contribution in [0.2, 0.25) is 0 Å². The molecular formula is C10H15N5O2. The Hall–Kier alpha value is -1.99. The van der Waals surface area contributed by atoms with Crippen molar-refractivity contribution < 1.29 is 4.92 Å². The van der Waals surface area contributed by atoms with Crippen molar-refractivity contribution in [1.29, 1.82) is 0 Å². The van der Waals surface area contributed by atoms with Gasteiger partial charge < -0.3 is 0 Å². The average molecular weight is 237 g/mol. The highest BCUT2D eigenvalue weighted by molar-refractivity contribution is 5.08. The summed E-state index contributed by atoms with van der Waals surface area (Å²) < 4.78 is 0. The molecule has 0 aromatic carbocycles. The molecule has 0 aliphatic heterocycles. The van der Waals surface area contributed by atoms with E-state index in [4.69, 9.17) is 0 Å². The molecule has 0 radical (unpaired) electrons. The van der Waals surface area contributed by atoms with E-state index in [1.54, 1.807) is 36.5 Å². The van der Waals surface area contributed by atoms with Crippen LogP contribution in [0.5, 0.6) is 0 Å². The summed E-state index contributed by atoms with van der Waals surface area (Å²) >= 11 is 0. The van der Waals surface area contributed by atoms with Crippen LogP contribution < -0.4 is 5.53 Å². The zero-order chi connectivity index (χ0) is 12.7. The molecule has 0 atom stereocenters. The van der Waals surface area contributed by atoms with E-state index in [0.29, 0.717) is 6.54 Å². The molecule has 7 nitrogen and oxygen atoms in total. The standard InChI is InChI=1S/C10H15N5O2/c1-13(2)12-14(6-7-15(16)17)9-10-4-3-5-11-8-10/h3-8,12H,9H2,1-2H3/b7-6+. The number of nitrogens with zero attached hydrogens (tertiary/aromatic N) is 4. The van der Waals surface area contributed by atoms with Crippen molar-refractivity contribution in [3.63, 3.8) is 0 Å². The van der Waals surface area contributed by atoms with Gasteiger partial charge in [-0.25, -0.2) is 5.01 Å². The summed E-state index contributed by atoms with van der Waals surface area (Å²) in [5.74, 6) is 0. The predicted molar refractivity (Wildman–Crippen MR) is 62.7 cm³/mol. The van der Waals surface area contributed by atoms with Gasteiger partial charge in [0.2, 0.25) is 0 Å². The summed E-state index contributed by atoms with van der Waals surface area (Å²) in [6, 6.07) is 3.72. The number of nitrogens with one attached hydrogen (secondary N) is 1. The lowest BCUT2D eigenvalue weighted by atomic mass is 10.3. The number of hydrogen-bond acceptors (Lipinski definition) is 6. The Balaban J connectivity index is 2.66. The Labute approximate surface area is 99.4 Å². The third kappa shape index (κ3) is 5.59. The van der Waals surface area contributed by atoms with E-state index in [2.05, 4.69) is 10.5 Å². The largest absolute Gasteiger partial charge is 0.291 e. The maximum atomic E-state index is 10.3. The van der Waals surface area contributed by atoms with Gasteiger partial charge in [-0.3, -0.25) is 20.1 Å². The first-order chi connectivity index (χ1) is 8.08. The number of pyridine rings is 1. The summed E-state index contributed by atoms with van der Waals surface area (Å²) in [5.41, 5.74) is 3.88. The zero-order valence-corrected chi connectivity index (χ0v) is 9.78.